The Labute approximate surface area is 199 Å². The first-order valence-corrected chi connectivity index (χ1v) is 11.4. The van der Waals surface area contributed by atoms with Crippen molar-refractivity contribution >= 4 is 34.9 Å². The van der Waals surface area contributed by atoms with Crippen LogP contribution < -0.4 is 10.2 Å². The van der Waals surface area contributed by atoms with E-state index in [1.54, 1.807) is 0 Å². The van der Waals surface area contributed by atoms with Crippen molar-refractivity contribution in [2.75, 3.05) is 16.8 Å². The van der Waals surface area contributed by atoms with Crippen molar-refractivity contribution in [3.8, 4) is 0 Å². The summed E-state index contributed by atoms with van der Waals surface area (Å²) >= 11 is 0. The molecule has 5 rings (SSSR count). The van der Waals surface area contributed by atoms with Gasteiger partial charge < -0.3 is 15.0 Å². The smallest absolute Gasteiger partial charge is 0.332 e. The average Bonchev–Trinajstić information content (AvgIpc) is 3.23. The lowest BCUT2D eigenvalue weighted by atomic mass is 9.81. The first-order chi connectivity index (χ1) is 16.8. The summed E-state index contributed by atoms with van der Waals surface area (Å²) in [5.74, 6) is -1.61. The third-order valence-corrected chi connectivity index (χ3v) is 6.85. The molecule has 2 aromatic carbocycles. The number of urea groups is 1. The fourth-order valence-corrected chi connectivity index (χ4v) is 5.28. The van der Waals surface area contributed by atoms with Gasteiger partial charge in [0.05, 0.1) is 22.8 Å². The summed E-state index contributed by atoms with van der Waals surface area (Å²) in [6.45, 7) is -0.339. The van der Waals surface area contributed by atoms with Crippen LogP contribution in [-0.2, 0) is 14.3 Å². The zero-order chi connectivity index (χ0) is 24.7. The number of nitro groups is 1. The minimum atomic E-state index is -0.918. The van der Waals surface area contributed by atoms with Crippen molar-refractivity contribution in [2.45, 2.75) is 43.9 Å². The van der Waals surface area contributed by atoms with E-state index >= 15 is 0 Å². The van der Waals surface area contributed by atoms with Crippen LogP contribution in [0, 0.1) is 21.8 Å². The van der Waals surface area contributed by atoms with Crippen LogP contribution in [0.25, 0.3) is 0 Å². The van der Waals surface area contributed by atoms with Gasteiger partial charge in [0.25, 0.3) is 11.6 Å². The summed E-state index contributed by atoms with van der Waals surface area (Å²) < 4.78 is 19.6. The molecule has 0 spiro atoms. The number of ether oxygens (including phenoxy) is 1. The number of nitrogens with zero attached hydrogens (tertiary/aromatic N) is 3. The van der Waals surface area contributed by atoms with E-state index in [0.717, 1.165) is 42.7 Å². The van der Waals surface area contributed by atoms with E-state index < -0.39 is 40.7 Å². The molecule has 2 heterocycles. The Hall–Kier alpha value is -3.86. The maximum absolute atomic E-state index is 13.6. The van der Waals surface area contributed by atoms with Gasteiger partial charge >= 0.3 is 6.03 Å². The number of halogens is 1. The molecular weight excluding hydrogens is 459 g/mol. The van der Waals surface area contributed by atoms with Crippen molar-refractivity contribution in [3.63, 3.8) is 0 Å². The number of benzene rings is 2. The molecule has 4 unspecified atom stereocenters. The van der Waals surface area contributed by atoms with Gasteiger partial charge in [0.1, 0.15) is 12.4 Å². The molecule has 1 N–H and O–H groups in total. The Balaban J connectivity index is 1.42. The summed E-state index contributed by atoms with van der Waals surface area (Å²) in [5, 5.41) is 13.5. The quantitative estimate of drug-likeness (QED) is 0.514. The molecule has 182 valence electrons. The predicted molar refractivity (Wildman–Crippen MR) is 122 cm³/mol. The van der Waals surface area contributed by atoms with Gasteiger partial charge in [0, 0.05) is 23.7 Å². The van der Waals surface area contributed by atoms with E-state index in [1.165, 1.54) is 41.3 Å². The molecule has 0 bridgehead atoms. The number of nitrogens with one attached hydrogen (secondary N) is 1. The number of carbonyl (C=O) groups is 3. The molecule has 10 nitrogen and oxygen atoms in total. The fourth-order valence-electron chi connectivity index (χ4n) is 5.28. The van der Waals surface area contributed by atoms with Crippen LogP contribution in [0.1, 0.15) is 25.7 Å². The Kier molecular flexibility index (Phi) is 5.93. The maximum Gasteiger partial charge on any atom is 0.332 e. The average molecular weight is 482 g/mol. The first-order valence-electron chi connectivity index (χ1n) is 11.4. The summed E-state index contributed by atoms with van der Waals surface area (Å²) in [6, 6.07) is 9.07. The van der Waals surface area contributed by atoms with Crippen LogP contribution >= 0.6 is 0 Å². The zero-order valence-corrected chi connectivity index (χ0v) is 18.6. The highest BCUT2D eigenvalue weighted by Gasteiger charge is 2.58. The molecular formula is C24H23FN4O6. The second kappa shape index (κ2) is 9.06. The molecule has 1 saturated carbocycles. The molecule has 2 saturated heterocycles. The van der Waals surface area contributed by atoms with E-state index in [1.807, 2.05) is 0 Å². The van der Waals surface area contributed by atoms with Crippen LogP contribution in [0.15, 0.2) is 48.5 Å². The number of carbonyl (C=O) groups excluding carboxylic acids is 3. The fraction of sp³-hybridized carbons (Fsp3) is 0.375. The number of hydrogen-bond donors (Lipinski definition) is 1. The summed E-state index contributed by atoms with van der Waals surface area (Å²) in [7, 11) is 0. The third kappa shape index (κ3) is 4.23. The molecule has 2 aromatic rings. The second-order valence-corrected chi connectivity index (χ2v) is 8.95. The number of imide groups is 1. The standard InChI is InChI=1S/C24H23FN4O6/c25-14-5-9-16(10-6-14)28-23(31)22-21(18-3-1-2-4-19(18)35-22)27(24(28)32)13-20(30)26-15-7-11-17(12-8-15)29(33)34/h5-12,18-19,21-22H,1-4,13H2,(H,26,30). The molecule has 11 heteroatoms. The number of non-ortho nitro benzene ring substituents is 1. The number of amides is 4. The predicted octanol–water partition coefficient (Wildman–Crippen LogP) is 3.47. The highest BCUT2D eigenvalue weighted by Crippen LogP contribution is 2.43. The SMILES string of the molecule is O=C(CN1C(=O)N(c2ccc(F)cc2)C(=O)C2OC3CCCCC3C21)Nc1ccc([N+](=O)[O-])cc1. The van der Waals surface area contributed by atoms with E-state index in [4.69, 9.17) is 4.74 Å². The number of fused-ring (bicyclic) bond motifs is 3. The number of anilines is 2. The van der Waals surface area contributed by atoms with E-state index in [-0.39, 0.29) is 29.9 Å². The van der Waals surface area contributed by atoms with Crippen LogP contribution in [0.3, 0.4) is 0 Å². The summed E-state index contributed by atoms with van der Waals surface area (Å²) in [6.07, 6.45) is 2.37. The van der Waals surface area contributed by atoms with Crippen LogP contribution in [-0.4, -0.2) is 52.5 Å². The van der Waals surface area contributed by atoms with Crippen molar-refractivity contribution in [3.05, 3.63) is 64.5 Å². The molecule has 4 atom stereocenters. The topological polar surface area (TPSA) is 122 Å². The first kappa shape index (κ1) is 22.9. The lowest BCUT2D eigenvalue weighted by Crippen LogP contribution is -2.65. The Bertz CT molecular complexity index is 1170. The Morgan fingerprint density at radius 2 is 1.77 bits per heavy atom. The van der Waals surface area contributed by atoms with Crippen LogP contribution in [0.5, 0.6) is 0 Å². The van der Waals surface area contributed by atoms with Gasteiger partial charge in [-0.2, -0.15) is 0 Å². The van der Waals surface area contributed by atoms with Crippen molar-refractivity contribution < 1.29 is 28.4 Å². The molecule has 0 radical (unpaired) electrons. The minimum Gasteiger partial charge on any atom is -0.363 e. The van der Waals surface area contributed by atoms with Crippen molar-refractivity contribution in [1.82, 2.24) is 4.90 Å². The highest BCUT2D eigenvalue weighted by atomic mass is 19.1. The molecule has 2 aliphatic heterocycles. The number of nitro benzene ring substituents is 1. The zero-order valence-electron chi connectivity index (χ0n) is 18.6. The number of rotatable bonds is 5. The highest BCUT2D eigenvalue weighted by molar-refractivity contribution is 6.18. The lowest BCUT2D eigenvalue weighted by Gasteiger charge is -2.42. The van der Waals surface area contributed by atoms with Crippen LogP contribution in [0.4, 0.5) is 26.2 Å². The van der Waals surface area contributed by atoms with Gasteiger partial charge in [-0.25, -0.2) is 14.1 Å². The molecule has 3 aliphatic rings. The Morgan fingerprint density at radius 1 is 1.09 bits per heavy atom. The van der Waals surface area contributed by atoms with Gasteiger partial charge in [-0.05, 0) is 49.2 Å². The summed E-state index contributed by atoms with van der Waals surface area (Å²) in [4.78, 5) is 52.5. The largest absolute Gasteiger partial charge is 0.363 e. The molecule has 35 heavy (non-hydrogen) atoms. The van der Waals surface area contributed by atoms with Crippen molar-refractivity contribution in [2.24, 2.45) is 5.92 Å². The number of hydrogen-bond acceptors (Lipinski definition) is 6. The van der Waals surface area contributed by atoms with Gasteiger partial charge in [0.15, 0.2) is 6.10 Å². The Morgan fingerprint density at radius 3 is 2.46 bits per heavy atom. The monoisotopic (exact) mass is 482 g/mol. The van der Waals surface area contributed by atoms with Gasteiger partial charge in [-0.3, -0.25) is 19.7 Å². The van der Waals surface area contributed by atoms with Gasteiger partial charge in [-0.1, -0.05) is 12.8 Å². The van der Waals surface area contributed by atoms with Gasteiger partial charge in [-0.15, -0.1) is 0 Å². The van der Waals surface area contributed by atoms with Crippen LogP contribution in [0.2, 0.25) is 0 Å². The molecule has 3 fully saturated rings. The summed E-state index contributed by atoms with van der Waals surface area (Å²) in [5.41, 5.74) is 0.419. The van der Waals surface area contributed by atoms with E-state index in [9.17, 15) is 28.9 Å². The maximum atomic E-state index is 13.6. The van der Waals surface area contributed by atoms with Gasteiger partial charge in [0.2, 0.25) is 5.91 Å². The second-order valence-electron chi connectivity index (χ2n) is 8.95. The molecule has 0 aromatic heterocycles. The van der Waals surface area contributed by atoms with Crippen molar-refractivity contribution in [1.29, 1.82) is 0 Å². The lowest BCUT2D eigenvalue weighted by molar-refractivity contribution is -0.384. The molecule has 4 amide bonds. The molecule has 1 aliphatic carbocycles. The normalized spacial score (nSPS) is 25.7. The minimum absolute atomic E-state index is 0.0656. The third-order valence-electron chi connectivity index (χ3n) is 6.85. The van der Waals surface area contributed by atoms with E-state index in [0.29, 0.717) is 5.69 Å². The van der Waals surface area contributed by atoms with E-state index in [2.05, 4.69) is 5.32 Å².